The first-order valence-electron chi connectivity index (χ1n) is 10.8. The fourth-order valence-electron chi connectivity index (χ4n) is 3.89. The van der Waals surface area contributed by atoms with Gasteiger partial charge in [0.25, 0.3) is 0 Å². The van der Waals surface area contributed by atoms with E-state index in [0.29, 0.717) is 22.9 Å². The van der Waals surface area contributed by atoms with Crippen molar-refractivity contribution in [3.63, 3.8) is 0 Å². The van der Waals surface area contributed by atoms with Crippen LogP contribution in [-0.4, -0.2) is 41.1 Å². The number of Topliss-reactive ketones (excluding diaryl/α,β-unsaturated/α-hetero) is 1. The number of aromatic nitrogens is 7. The number of halogens is 1. The molecule has 0 bridgehead atoms. The summed E-state index contributed by atoms with van der Waals surface area (Å²) >= 11 is 6.05. The summed E-state index contributed by atoms with van der Waals surface area (Å²) in [4.78, 5) is 25.1. The molecule has 0 unspecified atom stereocenters. The summed E-state index contributed by atoms with van der Waals surface area (Å²) in [6.45, 7) is 0. The molecule has 0 amide bonds. The lowest BCUT2D eigenvalue weighted by Crippen LogP contribution is -2.05. The van der Waals surface area contributed by atoms with Crippen molar-refractivity contribution in [1.29, 1.82) is 0 Å². The molecule has 0 fully saturated rings. The van der Waals surface area contributed by atoms with Crippen LogP contribution in [0.3, 0.4) is 0 Å². The molecule has 0 radical (unpaired) electrons. The second-order valence-electron chi connectivity index (χ2n) is 7.99. The summed E-state index contributed by atoms with van der Waals surface area (Å²) in [7, 11) is 0. The lowest BCUT2D eigenvalue weighted by atomic mass is 10.1. The largest absolute Gasteiger partial charge is 0.352 e. The number of H-pyrrole nitrogens is 2. The van der Waals surface area contributed by atoms with E-state index in [0.717, 1.165) is 33.1 Å². The van der Waals surface area contributed by atoms with Gasteiger partial charge in [-0.25, -0.2) is 9.97 Å². The highest BCUT2D eigenvalue weighted by molar-refractivity contribution is 6.30. The van der Waals surface area contributed by atoms with Crippen LogP contribution in [0.5, 0.6) is 0 Å². The van der Waals surface area contributed by atoms with Gasteiger partial charge in [0.15, 0.2) is 16.8 Å². The van der Waals surface area contributed by atoms with Crippen LogP contribution in [0.25, 0.3) is 33.2 Å². The van der Waals surface area contributed by atoms with Crippen LogP contribution >= 0.6 is 11.6 Å². The quantitative estimate of drug-likeness (QED) is 0.283. The van der Waals surface area contributed by atoms with Gasteiger partial charge in [-0.1, -0.05) is 23.7 Å². The molecule has 6 aromatic rings. The number of hydrogen-bond donors (Lipinski definition) is 3. The zero-order chi connectivity index (χ0) is 23.8. The maximum Gasteiger partial charge on any atom is 0.183 e. The molecule has 10 heteroatoms. The van der Waals surface area contributed by atoms with Gasteiger partial charge < -0.3 is 10.3 Å². The molecule has 4 aromatic heterocycles. The summed E-state index contributed by atoms with van der Waals surface area (Å²) < 4.78 is 0. The first-order chi connectivity index (χ1) is 17.1. The summed E-state index contributed by atoms with van der Waals surface area (Å²) in [6, 6.07) is 17.1. The molecule has 0 atom stereocenters. The molecule has 3 N–H and O–H groups in total. The zero-order valence-corrected chi connectivity index (χ0v) is 18.9. The smallest absolute Gasteiger partial charge is 0.183 e. The van der Waals surface area contributed by atoms with E-state index in [-0.39, 0.29) is 17.4 Å². The third-order valence-corrected chi connectivity index (χ3v) is 5.97. The molecule has 6 rings (SSSR count). The van der Waals surface area contributed by atoms with Gasteiger partial charge in [0, 0.05) is 51.9 Å². The van der Waals surface area contributed by atoms with Crippen molar-refractivity contribution in [3.05, 3.63) is 89.6 Å². The normalized spacial score (nSPS) is 11.2. The summed E-state index contributed by atoms with van der Waals surface area (Å²) in [5.41, 5.74) is 4.64. The van der Waals surface area contributed by atoms with Crippen LogP contribution in [0, 0.1) is 0 Å². The number of carbonyl (C=O) groups is 1. The maximum absolute atomic E-state index is 12.8. The molecular formula is C25H17ClN8O. The van der Waals surface area contributed by atoms with Crippen LogP contribution in [0.4, 0.5) is 11.5 Å². The van der Waals surface area contributed by atoms with Crippen LogP contribution in [0.2, 0.25) is 5.15 Å². The van der Waals surface area contributed by atoms with Crippen molar-refractivity contribution >= 4 is 50.7 Å². The molecule has 4 heterocycles. The molecule has 0 spiro atoms. The van der Waals surface area contributed by atoms with E-state index < -0.39 is 0 Å². The van der Waals surface area contributed by atoms with E-state index in [9.17, 15) is 4.79 Å². The molecule has 9 nitrogen and oxygen atoms in total. The van der Waals surface area contributed by atoms with E-state index in [1.54, 1.807) is 18.5 Å². The fourth-order valence-corrected chi connectivity index (χ4v) is 4.07. The Labute approximate surface area is 203 Å². The highest BCUT2D eigenvalue weighted by Crippen LogP contribution is 2.25. The van der Waals surface area contributed by atoms with Crippen molar-refractivity contribution in [2.45, 2.75) is 6.42 Å². The Bertz CT molecular complexity index is 1710. The van der Waals surface area contributed by atoms with Gasteiger partial charge in [-0.15, -0.1) is 5.10 Å². The van der Waals surface area contributed by atoms with E-state index in [4.69, 9.17) is 11.6 Å². The lowest BCUT2D eigenvalue weighted by molar-refractivity contribution is 0.0989. The Morgan fingerprint density at radius 1 is 0.971 bits per heavy atom. The summed E-state index contributed by atoms with van der Waals surface area (Å²) in [6.07, 6.45) is 5.14. The zero-order valence-electron chi connectivity index (χ0n) is 18.2. The topological polar surface area (TPSA) is 125 Å². The minimum absolute atomic E-state index is 0.0883. The highest BCUT2D eigenvalue weighted by Gasteiger charge is 2.14. The number of anilines is 2. The van der Waals surface area contributed by atoms with Gasteiger partial charge in [0.05, 0.1) is 17.4 Å². The number of hydrogen-bond acceptors (Lipinski definition) is 7. The molecule has 35 heavy (non-hydrogen) atoms. The van der Waals surface area contributed by atoms with Crippen molar-refractivity contribution < 1.29 is 4.79 Å². The molecule has 0 aliphatic rings. The average Bonchev–Trinajstić information content (AvgIpc) is 3.52. The third kappa shape index (κ3) is 4.20. The lowest BCUT2D eigenvalue weighted by Gasteiger charge is -2.07. The number of aromatic amines is 2. The van der Waals surface area contributed by atoms with Gasteiger partial charge in [-0.2, -0.15) is 10.2 Å². The van der Waals surface area contributed by atoms with Crippen LogP contribution in [0.1, 0.15) is 16.1 Å². The third-order valence-electron chi connectivity index (χ3n) is 5.65. The Hall–Kier alpha value is -4.63. The SMILES string of the molecule is O=C(Cc1ccnnc1Cl)c1cc2ccc(-c3nccc(Nc4ccc5[nH]ncc5c4)n3)cc2[nH]1. The molecule has 0 aliphatic carbocycles. The Kier molecular flexibility index (Phi) is 5.16. The summed E-state index contributed by atoms with van der Waals surface area (Å²) in [5, 5.41) is 20.0. The molecule has 0 saturated heterocycles. The predicted octanol–water partition coefficient (Wildman–Crippen LogP) is 5.11. The minimum Gasteiger partial charge on any atom is -0.352 e. The Morgan fingerprint density at radius 3 is 2.83 bits per heavy atom. The van der Waals surface area contributed by atoms with E-state index in [1.807, 2.05) is 48.5 Å². The summed E-state index contributed by atoms with van der Waals surface area (Å²) in [5.74, 6) is 1.15. The first-order valence-corrected chi connectivity index (χ1v) is 11.2. The second kappa shape index (κ2) is 8.62. The molecule has 0 saturated carbocycles. The van der Waals surface area contributed by atoms with Crippen LogP contribution < -0.4 is 5.32 Å². The number of ketones is 1. The van der Waals surface area contributed by atoms with Gasteiger partial charge in [0.1, 0.15) is 5.82 Å². The van der Waals surface area contributed by atoms with Crippen molar-refractivity contribution in [1.82, 2.24) is 35.3 Å². The number of rotatable bonds is 6. The van der Waals surface area contributed by atoms with E-state index in [2.05, 4.69) is 40.7 Å². The van der Waals surface area contributed by atoms with Crippen molar-refractivity contribution in [3.8, 4) is 11.4 Å². The highest BCUT2D eigenvalue weighted by atomic mass is 35.5. The molecular weight excluding hydrogens is 464 g/mol. The molecule has 0 aliphatic heterocycles. The standard InChI is InChI=1S/C25H17ClN8O/c26-24-15(5-8-28-34-24)12-22(35)21-10-14-1-2-16(11-20(14)31-21)25-27-7-6-23(32-25)30-18-3-4-19-17(9-18)13-29-33-19/h1-11,13,31H,12H2,(H,29,33)(H,27,30,32). The van der Waals surface area contributed by atoms with Crippen molar-refractivity contribution in [2.24, 2.45) is 0 Å². The van der Waals surface area contributed by atoms with Crippen LogP contribution in [0.15, 0.2) is 73.2 Å². The number of carbonyl (C=O) groups excluding carboxylic acids is 1. The Morgan fingerprint density at radius 2 is 1.91 bits per heavy atom. The van der Waals surface area contributed by atoms with Crippen LogP contribution in [-0.2, 0) is 6.42 Å². The first kappa shape index (κ1) is 20.9. The van der Waals surface area contributed by atoms with Gasteiger partial charge in [0.2, 0.25) is 0 Å². The Balaban J connectivity index is 1.25. The number of nitrogens with zero attached hydrogens (tertiary/aromatic N) is 5. The fraction of sp³-hybridized carbons (Fsp3) is 0.0400. The average molecular weight is 481 g/mol. The monoisotopic (exact) mass is 480 g/mol. The predicted molar refractivity (Wildman–Crippen MR) is 134 cm³/mol. The van der Waals surface area contributed by atoms with Gasteiger partial charge in [-0.3, -0.25) is 9.89 Å². The molecule has 170 valence electrons. The van der Waals surface area contributed by atoms with Gasteiger partial charge >= 0.3 is 0 Å². The van der Waals surface area contributed by atoms with Crippen molar-refractivity contribution in [2.75, 3.05) is 5.32 Å². The molecule has 2 aromatic carbocycles. The van der Waals surface area contributed by atoms with E-state index >= 15 is 0 Å². The number of nitrogens with one attached hydrogen (secondary N) is 3. The van der Waals surface area contributed by atoms with Gasteiger partial charge in [-0.05, 0) is 42.5 Å². The second-order valence-corrected chi connectivity index (χ2v) is 8.35. The van der Waals surface area contributed by atoms with E-state index in [1.165, 1.54) is 6.20 Å². The maximum atomic E-state index is 12.8. The minimum atomic E-state index is -0.0883. The number of benzene rings is 2. The number of fused-ring (bicyclic) bond motifs is 2.